The molecule has 1 aromatic rings. The van der Waals surface area contributed by atoms with Gasteiger partial charge < -0.3 is 15.5 Å². The number of piperazine rings is 1. The molecular formula is C19H25N3O3. The number of benzene rings is 1. The molecule has 25 heavy (non-hydrogen) atoms. The third-order valence-corrected chi connectivity index (χ3v) is 4.97. The van der Waals surface area contributed by atoms with Crippen molar-refractivity contribution in [3.63, 3.8) is 0 Å². The molecule has 3 unspecified atom stereocenters. The van der Waals surface area contributed by atoms with Crippen molar-refractivity contribution in [3.05, 3.63) is 29.8 Å². The van der Waals surface area contributed by atoms with Crippen LogP contribution >= 0.6 is 0 Å². The Morgan fingerprint density at radius 3 is 2.68 bits per heavy atom. The van der Waals surface area contributed by atoms with E-state index in [2.05, 4.69) is 17.6 Å². The van der Waals surface area contributed by atoms with Gasteiger partial charge in [0.15, 0.2) is 0 Å². The third-order valence-electron chi connectivity index (χ3n) is 4.97. The summed E-state index contributed by atoms with van der Waals surface area (Å²) in [4.78, 5) is 38.8. The van der Waals surface area contributed by atoms with Gasteiger partial charge in [0.05, 0.1) is 0 Å². The van der Waals surface area contributed by atoms with Gasteiger partial charge in [0.25, 0.3) is 5.91 Å². The Bertz CT molecular complexity index is 701. The van der Waals surface area contributed by atoms with Crippen molar-refractivity contribution >= 4 is 23.4 Å². The molecule has 1 aliphatic carbocycles. The molecular weight excluding hydrogens is 318 g/mol. The highest BCUT2D eigenvalue weighted by Crippen LogP contribution is 2.38. The fraction of sp³-hybridized carbons (Fsp3) is 0.526. The minimum Gasteiger partial charge on any atom is -0.353 e. The van der Waals surface area contributed by atoms with E-state index >= 15 is 0 Å². The molecule has 0 radical (unpaired) electrons. The smallest absolute Gasteiger partial charge is 0.254 e. The Balaban J connectivity index is 1.76. The van der Waals surface area contributed by atoms with E-state index in [0.29, 0.717) is 30.3 Å². The van der Waals surface area contributed by atoms with Crippen molar-refractivity contribution in [2.75, 3.05) is 18.4 Å². The van der Waals surface area contributed by atoms with Gasteiger partial charge in [-0.3, -0.25) is 14.4 Å². The summed E-state index contributed by atoms with van der Waals surface area (Å²) < 4.78 is 0. The summed E-state index contributed by atoms with van der Waals surface area (Å²) in [6.45, 7) is 6.87. The second kappa shape index (κ2) is 6.86. The van der Waals surface area contributed by atoms with Crippen LogP contribution < -0.4 is 10.6 Å². The highest BCUT2D eigenvalue weighted by molar-refractivity contribution is 6.00. The molecule has 0 spiro atoms. The van der Waals surface area contributed by atoms with Gasteiger partial charge in [0.2, 0.25) is 11.8 Å². The third kappa shape index (κ3) is 3.67. The van der Waals surface area contributed by atoms with E-state index in [4.69, 9.17) is 0 Å². The molecule has 3 amide bonds. The van der Waals surface area contributed by atoms with Crippen molar-refractivity contribution in [2.24, 2.45) is 17.8 Å². The van der Waals surface area contributed by atoms with Crippen molar-refractivity contribution in [2.45, 2.75) is 33.2 Å². The average Bonchev–Trinajstić information content (AvgIpc) is 3.31. The summed E-state index contributed by atoms with van der Waals surface area (Å²) in [5.74, 6) is 0.267. The lowest BCUT2D eigenvalue weighted by Crippen LogP contribution is -2.59. The van der Waals surface area contributed by atoms with E-state index in [9.17, 15) is 14.4 Å². The number of hydrogen-bond donors (Lipinski definition) is 2. The van der Waals surface area contributed by atoms with Crippen LogP contribution in [0.4, 0.5) is 5.69 Å². The summed E-state index contributed by atoms with van der Waals surface area (Å²) in [6.07, 6.45) is 0.920. The highest BCUT2D eigenvalue weighted by Gasteiger charge is 2.39. The second-order valence-corrected chi connectivity index (χ2v) is 7.37. The van der Waals surface area contributed by atoms with Crippen LogP contribution in [0.1, 0.15) is 37.6 Å². The topological polar surface area (TPSA) is 78.5 Å². The zero-order chi connectivity index (χ0) is 18.1. The molecule has 1 saturated carbocycles. The van der Waals surface area contributed by atoms with Gasteiger partial charge in [0.1, 0.15) is 6.04 Å². The molecule has 2 fully saturated rings. The van der Waals surface area contributed by atoms with Gasteiger partial charge in [0, 0.05) is 30.3 Å². The first-order valence-electron chi connectivity index (χ1n) is 8.88. The zero-order valence-corrected chi connectivity index (χ0v) is 14.9. The van der Waals surface area contributed by atoms with Gasteiger partial charge in [-0.15, -0.1) is 0 Å². The average molecular weight is 343 g/mol. The second-order valence-electron chi connectivity index (χ2n) is 7.37. The number of nitrogens with zero attached hydrogens (tertiary/aromatic N) is 1. The molecule has 134 valence electrons. The predicted molar refractivity (Wildman–Crippen MR) is 95.0 cm³/mol. The Hall–Kier alpha value is -2.37. The quantitative estimate of drug-likeness (QED) is 0.876. The highest BCUT2D eigenvalue weighted by atomic mass is 16.2. The van der Waals surface area contributed by atoms with Crippen LogP contribution in [0, 0.1) is 17.8 Å². The molecule has 1 aliphatic heterocycles. The number of anilines is 1. The molecule has 2 aliphatic rings. The lowest BCUT2D eigenvalue weighted by Gasteiger charge is -2.37. The number of carbonyl (C=O) groups excluding carboxylic acids is 3. The van der Waals surface area contributed by atoms with Gasteiger partial charge in [-0.1, -0.05) is 26.8 Å². The molecule has 1 saturated heterocycles. The van der Waals surface area contributed by atoms with E-state index < -0.39 is 6.04 Å². The molecule has 0 bridgehead atoms. The first-order chi connectivity index (χ1) is 11.9. The largest absolute Gasteiger partial charge is 0.353 e. The van der Waals surface area contributed by atoms with Crippen LogP contribution in [0.5, 0.6) is 0 Å². The first kappa shape index (κ1) is 17.5. The normalized spacial score (nSPS) is 25.5. The van der Waals surface area contributed by atoms with E-state index in [1.807, 2.05) is 13.8 Å². The monoisotopic (exact) mass is 343 g/mol. The number of hydrogen-bond acceptors (Lipinski definition) is 3. The van der Waals surface area contributed by atoms with E-state index in [0.717, 1.165) is 6.42 Å². The Morgan fingerprint density at radius 2 is 2.04 bits per heavy atom. The van der Waals surface area contributed by atoms with Crippen molar-refractivity contribution in [1.82, 2.24) is 10.2 Å². The van der Waals surface area contributed by atoms with Crippen molar-refractivity contribution in [1.29, 1.82) is 0 Å². The molecule has 6 nitrogen and oxygen atoms in total. The fourth-order valence-electron chi connectivity index (χ4n) is 3.39. The van der Waals surface area contributed by atoms with Crippen LogP contribution in [-0.4, -0.2) is 41.8 Å². The molecule has 3 atom stereocenters. The van der Waals surface area contributed by atoms with Crippen LogP contribution in [0.3, 0.4) is 0 Å². The van der Waals surface area contributed by atoms with Crippen LogP contribution in [0.15, 0.2) is 24.3 Å². The summed E-state index contributed by atoms with van der Waals surface area (Å²) >= 11 is 0. The number of nitrogens with one attached hydrogen (secondary N) is 2. The zero-order valence-electron chi connectivity index (χ0n) is 14.9. The molecule has 1 heterocycles. The molecule has 2 N–H and O–H groups in total. The van der Waals surface area contributed by atoms with Gasteiger partial charge >= 0.3 is 0 Å². The maximum Gasteiger partial charge on any atom is 0.254 e. The lowest BCUT2D eigenvalue weighted by atomic mass is 9.98. The fourth-order valence-corrected chi connectivity index (χ4v) is 3.39. The van der Waals surface area contributed by atoms with Gasteiger partial charge in [-0.05, 0) is 36.5 Å². The standard InChI is InChI=1S/C19H25N3O3/c1-11(2)16-18(24)20-7-8-22(16)19(25)13-5-4-6-14(10-13)21-17(23)15-9-12(15)3/h4-6,10-12,15-16H,7-9H2,1-3H3,(H,20,24)(H,21,23). The van der Waals surface area contributed by atoms with Crippen LogP contribution in [0.2, 0.25) is 0 Å². The van der Waals surface area contributed by atoms with Crippen LogP contribution in [-0.2, 0) is 9.59 Å². The Labute approximate surface area is 148 Å². The molecule has 0 aromatic heterocycles. The maximum atomic E-state index is 12.9. The SMILES string of the molecule is CC(C)C1C(=O)NCCN1C(=O)c1cccc(NC(=O)C2CC2C)c1. The molecule has 6 heteroatoms. The van der Waals surface area contributed by atoms with Gasteiger partial charge in [-0.2, -0.15) is 0 Å². The van der Waals surface area contributed by atoms with E-state index in [1.54, 1.807) is 29.2 Å². The van der Waals surface area contributed by atoms with E-state index in [1.165, 1.54) is 0 Å². The maximum absolute atomic E-state index is 12.9. The Morgan fingerprint density at radius 1 is 1.32 bits per heavy atom. The summed E-state index contributed by atoms with van der Waals surface area (Å²) in [7, 11) is 0. The number of rotatable bonds is 4. The first-order valence-corrected chi connectivity index (χ1v) is 8.88. The number of amides is 3. The van der Waals surface area contributed by atoms with Gasteiger partial charge in [-0.25, -0.2) is 0 Å². The minimum absolute atomic E-state index is 0.00880. The molecule has 3 rings (SSSR count). The predicted octanol–water partition coefficient (Wildman–Crippen LogP) is 1.88. The summed E-state index contributed by atoms with van der Waals surface area (Å²) in [5.41, 5.74) is 1.11. The summed E-state index contributed by atoms with van der Waals surface area (Å²) in [5, 5.41) is 5.71. The minimum atomic E-state index is -0.466. The molecule has 1 aromatic carbocycles. The van der Waals surface area contributed by atoms with Crippen molar-refractivity contribution in [3.8, 4) is 0 Å². The van der Waals surface area contributed by atoms with Crippen molar-refractivity contribution < 1.29 is 14.4 Å². The lowest BCUT2D eigenvalue weighted by molar-refractivity contribution is -0.129. The van der Waals surface area contributed by atoms with E-state index in [-0.39, 0.29) is 29.6 Å². The summed E-state index contributed by atoms with van der Waals surface area (Å²) in [6, 6.07) is 6.49. The number of carbonyl (C=O) groups is 3. The Kier molecular flexibility index (Phi) is 4.79. The van der Waals surface area contributed by atoms with Crippen LogP contribution in [0.25, 0.3) is 0 Å².